The van der Waals surface area contributed by atoms with E-state index in [-0.39, 0.29) is 31.1 Å². The van der Waals surface area contributed by atoms with Gasteiger partial charge in [0.1, 0.15) is 13.2 Å². The number of hydrogen-bond donors (Lipinski definition) is 0. The molecule has 6 nitrogen and oxygen atoms in total. The first kappa shape index (κ1) is 74.2. The second-order valence-corrected chi connectivity index (χ2v) is 23.8. The summed E-state index contributed by atoms with van der Waals surface area (Å²) in [6, 6.07) is 0. The molecule has 0 saturated carbocycles. The van der Waals surface area contributed by atoms with E-state index in [1.165, 1.54) is 302 Å². The van der Waals surface area contributed by atoms with Gasteiger partial charge in [0.25, 0.3) is 0 Å². The fourth-order valence-corrected chi connectivity index (χ4v) is 10.8. The van der Waals surface area contributed by atoms with E-state index in [1.807, 2.05) is 0 Å². The summed E-state index contributed by atoms with van der Waals surface area (Å²) in [5.74, 6) is -0.827. The average Bonchev–Trinajstić information content (AvgIpc) is 3.42. The molecule has 0 radical (unpaired) electrons. The molecular formula is C70H134O6. The highest BCUT2D eigenvalue weighted by molar-refractivity contribution is 5.71. The molecule has 0 saturated heterocycles. The zero-order chi connectivity index (χ0) is 55.0. The van der Waals surface area contributed by atoms with Crippen LogP contribution >= 0.6 is 0 Å². The third-order valence-electron chi connectivity index (χ3n) is 16.0. The van der Waals surface area contributed by atoms with Crippen molar-refractivity contribution < 1.29 is 28.6 Å². The summed E-state index contributed by atoms with van der Waals surface area (Å²) in [4.78, 5) is 38.4. The number of esters is 3. The van der Waals surface area contributed by atoms with Gasteiger partial charge in [-0.25, -0.2) is 0 Å². The van der Waals surface area contributed by atoms with Crippen molar-refractivity contribution in [3.8, 4) is 0 Å². The van der Waals surface area contributed by atoms with E-state index in [4.69, 9.17) is 14.2 Å². The normalized spacial score (nSPS) is 12.0. The lowest BCUT2D eigenvalue weighted by Crippen LogP contribution is -2.30. The van der Waals surface area contributed by atoms with Crippen LogP contribution in [-0.4, -0.2) is 37.2 Å². The second-order valence-electron chi connectivity index (χ2n) is 23.8. The minimum absolute atomic E-state index is 0.0623. The zero-order valence-corrected chi connectivity index (χ0v) is 51.8. The van der Waals surface area contributed by atoms with Crippen LogP contribution in [0.1, 0.15) is 400 Å². The van der Waals surface area contributed by atoms with Crippen molar-refractivity contribution in [3.63, 3.8) is 0 Å². The van der Waals surface area contributed by atoms with Gasteiger partial charge >= 0.3 is 17.9 Å². The van der Waals surface area contributed by atoms with Crippen LogP contribution < -0.4 is 0 Å². The molecule has 6 heteroatoms. The number of rotatable bonds is 65. The maximum atomic E-state index is 12.9. The van der Waals surface area contributed by atoms with Gasteiger partial charge in [0.2, 0.25) is 0 Å². The summed E-state index contributed by atoms with van der Waals surface area (Å²) in [5.41, 5.74) is 0. The first-order valence-corrected chi connectivity index (χ1v) is 34.7. The highest BCUT2D eigenvalue weighted by atomic mass is 16.6. The van der Waals surface area contributed by atoms with Gasteiger partial charge in [0, 0.05) is 19.3 Å². The van der Waals surface area contributed by atoms with Crippen molar-refractivity contribution in [2.24, 2.45) is 0 Å². The molecule has 0 aliphatic rings. The van der Waals surface area contributed by atoms with Gasteiger partial charge in [-0.3, -0.25) is 14.4 Å². The lowest BCUT2D eigenvalue weighted by molar-refractivity contribution is -0.167. The first-order chi connectivity index (χ1) is 37.5. The van der Waals surface area contributed by atoms with Gasteiger partial charge in [0.15, 0.2) is 6.10 Å². The molecule has 0 amide bonds. The van der Waals surface area contributed by atoms with Crippen molar-refractivity contribution in [1.82, 2.24) is 0 Å². The molecule has 0 heterocycles. The minimum atomic E-state index is -0.765. The minimum Gasteiger partial charge on any atom is -0.462 e. The van der Waals surface area contributed by atoms with Crippen molar-refractivity contribution in [1.29, 1.82) is 0 Å². The predicted octanol–water partition coefficient (Wildman–Crippen LogP) is 23.6. The molecule has 1 atom stereocenters. The van der Waals surface area contributed by atoms with Gasteiger partial charge in [-0.2, -0.15) is 0 Å². The predicted molar refractivity (Wildman–Crippen MR) is 330 cm³/mol. The molecule has 0 fully saturated rings. The Hall–Kier alpha value is -1.85. The largest absolute Gasteiger partial charge is 0.462 e. The Kier molecular flexibility index (Phi) is 64.1. The van der Waals surface area contributed by atoms with Gasteiger partial charge in [-0.15, -0.1) is 0 Å². The van der Waals surface area contributed by atoms with E-state index in [0.717, 1.165) is 57.8 Å². The number of allylic oxidation sites excluding steroid dienone is 2. The van der Waals surface area contributed by atoms with Crippen LogP contribution in [0, 0.1) is 0 Å². The van der Waals surface area contributed by atoms with Crippen LogP contribution in [0.15, 0.2) is 12.2 Å². The number of carbonyl (C=O) groups is 3. The van der Waals surface area contributed by atoms with Gasteiger partial charge < -0.3 is 14.2 Å². The highest BCUT2D eigenvalue weighted by Crippen LogP contribution is 2.19. The third kappa shape index (κ3) is 63.0. The maximum Gasteiger partial charge on any atom is 0.306 e. The monoisotopic (exact) mass is 1070 g/mol. The van der Waals surface area contributed by atoms with Crippen molar-refractivity contribution in [2.75, 3.05) is 13.2 Å². The van der Waals surface area contributed by atoms with E-state index in [9.17, 15) is 14.4 Å². The number of carbonyl (C=O) groups excluding carboxylic acids is 3. The molecule has 0 aromatic rings. The lowest BCUT2D eigenvalue weighted by Gasteiger charge is -2.18. The molecule has 0 N–H and O–H groups in total. The number of hydrogen-bond acceptors (Lipinski definition) is 6. The van der Waals surface area contributed by atoms with E-state index < -0.39 is 6.10 Å². The summed E-state index contributed by atoms with van der Waals surface area (Å²) in [6.07, 6.45) is 78.1. The van der Waals surface area contributed by atoms with Crippen molar-refractivity contribution >= 4 is 17.9 Å². The Bertz CT molecular complexity index is 1180. The quantitative estimate of drug-likeness (QED) is 0.0261. The molecule has 0 aliphatic carbocycles. The second kappa shape index (κ2) is 65.7. The maximum absolute atomic E-state index is 12.9. The van der Waals surface area contributed by atoms with Crippen LogP contribution in [-0.2, 0) is 28.6 Å². The van der Waals surface area contributed by atoms with Gasteiger partial charge in [-0.1, -0.05) is 348 Å². The van der Waals surface area contributed by atoms with Crippen molar-refractivity contribution in [2.45, 2.75) is 406 Å². The summed E-state index contributed by atoms with van der Waals surface area (Å²) < 4.78 is 17.0. The topological polar surface area (TPSA) is 78.9 Å². The molecule has 0 spiro atoms. The molecular weight excluding hydrogens is 937 g/mol. The van der Waals surface area contributed by atoms with Gasteiger partial charge in [0.05, 0.1) is 0 Å². The van der Waals surface area contributed by atoms with Gasteiger partial charge in [-0.05, 0) is 44.9 Å². The van der Waals surface area contributed by atoms with E-state index in [0.29, 0.717) is 19.3 Å². The van der Waals surface area contributed by atoms with Crippen LogP contribution in [0.5, 0.6) is 0 Å². The molecule has 76 heavy (non-hydrogen) atoms. The van der Waals surface area contributed by atoms with E-state index in [2.05, 4.69) is 32.9 Å². The Balaban J connectivity index is 4.19. The summed E-state index contributed by atoms with van der Waals surface area (Å²) in [6.45, 7) is 6.73. The number of ether oxygens (including phenoxy) is 3. The molecule has 0 rings (SSSR count). The molecule has 0 aromatic heterocycles. The van der Waals surface area contributed by atoms with Crippen LogP contribution in [0.2, 0.25) is 0 Å². The Morgan fingerprint density at radius 3 is 0.658 bits per heavy atom. The SMILES string of the molecule is CCCCCCCCCC/C=C\CCCCCCCCCCCCCCCCCC(=O)OCC(COC(=O)CCCCCCCCCCCCCCCC)OC(=O)CCCCCCCCCCCCCCCCCCC. The fourth-order valence-electron chi connectivity index (χ4n) is 10.8. The molecule has 450 valence electrons. The average molecular weight is 1070 g/mol. The summed E-state index contributed by atoms with van der Waals surface area (Å²) >= 11 is 0. The lowest BCUT2D eigenvalue weighted by atomic mass is 10.0. The van der Waals surface area contributed by atoms with E-state index >= 15 is 0 Å². The Labute approximate surface area is 475 Å². The first-order valence-electron chi connectivity index (χ1n) is 34.7. The number of unbranched alkanes of at least 4 members (excludes halogenated alkanes) is 52. The Morgan fingerprint density at radius 1 is 0.250 bits per heavy atom. The van der Waals surface area contributed by atoms with E-state index in [1.54, 1.807) is 0 Å². The van der Waals surface area contributed by atoms with Crippen LogP contribution in [0.3, 0.4) is 0 Å². The van der Waals surface area contributed by atoms with Crippen LogP contribution in [0.4, 0.5) is 0 Å². The summed E-state index contributed by atoms with van der Waals surface area (Å²) in [5, 5.41) is 0. The third-order valence-corrected chi connectivity index (χ3v) is 16.0. The molecule has 1 unspecified atom stereocenters. The highest BCUT2D eigenvalue weighted by Gasteiger charge is 2.19. The van der Waals surface area contributed by atoms with Crippen LogP contribution in [0.25, 0.3) is 0 Å². The van der Waals surface area contributed by atoms with Crippen molar-refractivity contribution in [3.05, 3.63) is 12.2 Å². The molecule has 0 aromatic carbocycles. The smallest absolute Gasteiger partial charge is 0.306 e. The Morgan fingerprint density at radius 2 is 0.434 bits per heavy atom. The zero-order valence-electron chi connectivity index (χ0n) is 51.8. The fraction of sp³-hybridized carbons (Fsp3) is 0.929. The standard InChI is InChI=1S/C70H134O6/c1-4-7-10-13-16-19-22-25-28-30-31-32-33-34-35-36-37-38-39-41-42-45-48-51-54-57-60-63-69(72)75-66-67(65-74-68(71)62-59-56-53-50-47-44-27-24-21-18-15-12-9-6-3)76-70(73)64-61-58-55-52-49-46-43-40-29-26-23-20-17-14-11-8-5-2/h30-31,67H,4-29,32-66H2,1-3H3/b31-30-. The summed E-state index contributed by atoms with van der Waals surface area (Å²) in [7, 11) is 0. The molecule has 0 aliphatic heterocycles. The molecule has 0 bridgehead atoms.